The first kappa shape index (κ1) is 11.2. The van der Waals surface area contributed by atoms with Gasteiger partial charge in [0.1, 0.15) is 5.82 Å². The van der Waals surface area contributed by atoms with E-state index in [0.29, 0.717) is 6.04 Å². The third kappa shape index (κ3) is 2.43. The molecule has 1 aliphatic rings. The molecule has 1 saturated carbocycles. The van der Waals surface area contributed by atoms with Crippen molar-refractivity contribution in [1.82, 2.24) is 0 Å². The van der Waals surface area contributed by atoms with Crippen LogP contribution in [0.4, 0.5) is 10.1 Å². The van der Waals surface area contributed by atoms with E-state index in [-0.39, 0.29) is 5.82 Å². The largest absolute Gasteiger partial charge is 0.372 e. The number of halogens is 1. The molecule has 0 N–H and O–H groups in total. The predicted molar refractivity (Wildman–Crippen MR) is 66.2 cm³/mol. The Labute approximate surface area is 96.6 Å². The summed E-state index contributed by atoms with van der Waals surface area (Å²) in [5.41, 5.74) is 2.46. The van der Waals surface area contributed by atoms with Gasteiger partial charge in [0, 0.05) is 18.8 Å². The van der Waals surface area contributed by atoms with E-state index < -0.39 is 0 Å². The second kappa shape index (κ2) is 4.69. The van der Waals surface area contributed by atoms with E-state index in [1.165, 1.54) is 17.7 Å². The highest BCUT2D eigenvalue weighted by atomic mass is 19.1. The Bertz CT molecular complexity index is 359. The van der Waals surface area contributed by atoms with Gasteiger partial charge in [0.05, 0.1) is 0 Å². The Morgan fingerprint density at radius 2 is 1.75 bits per heavy atom. The quantitative estimate of drug-likeness (QED) is 0.684. The molecular weight excluding hydrogens is 201 g/mol. The van der Waals surface area contributed by atoms with Crippen molar-refractivity contribution in [2.45, 2.75) is 31.7 Å². The highest BCUT2D eigenvalue weighted by Gasteiger charge is 2.19. The average Bonchev–Trinajstić information content (AvgIpc) is 2.30. The molecule has 1 aromatic rings. The van der Waals surface area contributed by atoms with E-state index in [1.54, 1.807) is 0 Å². The molecule has 0 radical (unpaired) electrons. The lowest BCUT2D eigenvalue weighted by atomic mass is 9.91. The molecule has 1 aromatic carbocycles. The molecule has 0 spiro atoms. The van der Waals surface area contributed by atoms with Gasteiger partial charge in [-0.2, -0.15) is 0 Å². The first-order chi connectivity index (χ1) is 7.66. The number of anilines is 1. The normalized spacial score (nSPS) is 17.5. The first-order valence-corrected chi connectivity index (χ1v) is 5.82. The van der Waals surface area contributed by atoms with Crippen LogP contribution in [0.5, 0.6) is 0 Å². The van der Waals surface area contributed by atoms with Gasteiger partial charge in [-0.25, -0.2) is 4.39 Å². The van der Waals surface area contributed by atoms with Crippen molar-refractivity contribution in [3.63, 3.8) is 0 Å². The molecule has 0 saturated heterocycles. The van der Waals surface area contributed by atoms with Crippen LogP contribution < -0.4 is 4.90 Å². The molecule has 2 heteroatoms. The zero-order chi connectivity index (χ0) is 11.5. The Morgan fingerprint density at radius 1 is 1.19 bits per heavy atom. The average molecular weight is 219 g/mol. The molecule has 0 heterocycles. The van der Waals surface area contributed by atoms with Crippen molar-refractivity contribution >= 4 is 5.69 Å². The summed E-state index contributed by atoms with van der Waals surface area (Å²) in [4.78, 5) is 2.26. The Morgan fingerprint density at radius 3 is 2.31 bits per heavy atom. The van der Waals surface area contributed by atoms with Crippen LogP contribution in [0.15, 0.2) is 36.4 Å². The first-order valence-electron chi connectivity index (χ1n) is 5.82. The lowest BCUT2D eigenvalue weighted by Gasteiger charge is -2.33. The molecule has 2 rings (SSSR count). The summed E-state index contributed by atoms with van der Waals surface area (Å²) in [6.45, 7) is 4.02. The standard InChI is InChI=1S/C14H18FN/c1-11-3-7-13(8-4-11)16(2)14-9-5-12(15)6-10-14/h5-6,9-10,13H,1,3-4,7-8H2,2H3. The second-order valence-corrected chi connectivity index (χ2v) is 4.57. The Hall–Kier alpha value is -1.31. The number of hydrogen-bond acceptors (Lipinski definition) is 1. The number of benzene rings is 1. The monoisotopic (exact) mass is 219 g/mol. The minimum atomic E-state index is -0.172. The minimum absolute atomic E-state index is 0.172. The van der Waals surface area contributed by atoms with Crippen LogP contribution in [-0.4, -0.2) is 13.1 Å². The lowest BCUT2D eigenvalue weighted by molar-refractivity contribution is 0.491. The molecule has 0 amide bonds. The van der Waals surface area contributed by atoms with Gasteiger partial charge in [-0.3, -0.25) is 0 Å². The van der Waals surface area contributed by atoms with Crippen molar-refractivity contribution in [2.24, 2.45) is 0 Å². The van der Waals surface area contributed by atoms with Crippen molar-refractivity contribution in [1.29, 1.82) is 0 Å². The molecular formula is C14H18FN. The van der Waals surface area contributed by atoms with E-state index >= 15 is 0 Å². The molecule has 0 aliphatic heterocycles. The summed E-state index contributed by atoms with van der Waals surface area (Å²) in [6, 6.07) is 7.30. The summed E-state index contributed by atoms with van der Waals surface area (Å²) in [5, 5.41) is 0. The number of rotatable bonds is 2. The summed E-state index contributed by atoms with van der Waals surface area (Å²) in [7, 11) is 2.09. The van der Waals surface area contributed by atoms with Gasteiger partial charge in [-0.15, -0.1) is 0 Å². The molecule has 0 bridgehead atoms. The Balaban J connectivity index is 2.04. The minimum Gasteiger partial charge on any atom is -0.372 e. The third-order valence-electron chi connectivity index (χ3n) is 3.44. The fourth-order valence-corrected chi connectivity index (χ4v) is 2.29. The molecule has 16 heavy (non-hydrogen) atoms. The van der Waals surface area contributed by atoms with Crippen molar-refractivity contribution in [3.8, 4) is 0 Å². The summed E-state index contributed by atoms with van der Waals surface area (Å²) < 4.78 is 12.8. The SMILES string of the molecule is C=C1CCC(N(C)c2ccc(F)cc2)CC1. The highest BCUT2D eigenvalue weighted by Crippen LogP contribution is 2.28. The molecule has 0 unspecified atom stereocenters. The Kier molecular flexibility index (Phi) is 3.28. The topological polar surface area (TPSA) is 3.24 Å². The van der Waals surface area contributed by atoms with E-state index in [4.69, 9.17) is 0 Å². The van der Waals surface area contributed by atoms with E-state index in [2.05, 4.69) is 18.5 Å². The molecule has 1 nitrogen and oxygen atoms in total. The maximum atomic E-state index is 12.8. The smallest absolute Gasteiger partial charge is 0.123 e. The van der Waals surface area contributed by atoms with Crippen LogP contribution in [0.3, 0.4) is 0 Å². The maximum absolute atomic E-state index is 12.8. The molecule has 86 valence electrons. The fraction of sp³-hybridized carbons (Fsp3) is 0.429. The fourth-order valence-electron chi connectivity index (χ4n) is 2.29. The van der Waals surface area contributed by atoms with Crippen LogP contribution in [0.1, 0.15) is 25.7 Å². The lowest BCUT2D eigenvalue weighted by Crippen LogP contribution is -2.33. The number of hydrogen-bond donors (Lipinski definition) is 0. The van der Waals surface area contributed by atoms with Crippen LogP contribution in [0.2, 0.25) is 0 Å². The van der Waals surface area contributed by atoms with Crippen molar-refractivity contribution in [3.05, 3.63) is 42.2 Å². The summed E-state index contributed by atoms with van der Waals surface area (Å²) in [5.74, 6) is -0.172. The van der Waals surface area contributed by atoms with Gasteiger partial charge in [-0.05, 0) is 49.9 Å². The number of allylic oxidation sites excluding steroid dienone is 1. The maximum Gasteiger partial charge on any atom is 0.123 e. The predicted octanol–water partition coefficient (Wildman–Crippen LogP) is 3.76. The summed E-state index contributed by atoms with van der Waals surface area (Å²) >= 11 is 0. The zero-order valence-corrected chi connectivity index (χ0v) is 9.75. The van der Waals surface area contributed by atoms with Gasteiger partial charge in [0.15, 0.2) is 0 Å². The van der Waals surface area contributed by atoms with E-state index in [9.17, 15) is 4.39 Å². The second-order valence-electron chi connectivity index (χ2n) is 4.57. The van der Waals surface area contributed by atoms with Gasteiger partial charge in [0.25, 0.3) is 0 Å². The van der Waals surface area contributed by atoms with Crippen LogP contribution >= 0.6 is 0 Å². The van der Waals surface area contributed by atoms with Crippen molar-refractivity contribution in [2.75, 3.05) is 11.9 Å². The highest BCUT2D eigenvalue weighted by molar-refractivity contribution is 5.46. The van der Waals surface area contributed by atoms with Crippen LogP contribution in [0, 0.1) is 5.82 Å². The van der Waals surface area contributed by atoms with Crippen molar-refractivity contribution < 1.29 is 4.39 Å². The van der Waals surface area contributed by atoms with E-state index in [1.807, 2.05) is 12.1 Å². The molecule has 0 atom stereocenters. The number of nitrogens with zero attached hydrogens (tertiary/aromatic N) is 1. The van der Waals surface area contributed by atoms with E-state index in [0.717, 1.165) is 31.4 Å². The van der Waals surface area contributed by atoms with Gasteiger partial charge in [-0.1, -0.05) is 12.2 Å². The third-order valence-corrected chi connectivity index (χ3v) is 3.44. The molecule has 1 aliphatic carbocycles. The molecule has 0 aromatic heterocycles. The van der Waals surface area contributed by atoms with Crippen LogP contribution in [0.25, 0.3) is 0 Å². The molecule has 1 fully saturated rings. The van der Waals surface area contributed by atoms with Gasteiger partial charge >= 0.3 is 0 Å². The summed E-state index contributed by atoms with van der Waals surface area (Å²) in [6.07, 6.45) is 4.56. The van der Waals surface area contributed by atoms with Crippen LogP contribution in [-0.2, 0) is 0 Å². The van der Waals surface area contributed by atoms with Gasteiger partial charge < -0.3 is 4.90 Å². The zero-order valence-electron chi connectivity index (χ0n) is 9.75. The van der Waals surface area contributed by atoms with Gasteiger partial charge in [0.2, 0.25) is 0 Å².